The summed E-state index contributed by atoms with van der Waals surface area (Å²) in [6.45, 7) is 58.9. The van der Waals surface area contributed by atoms with E-state index in [9.17, 15) is 0 Å². The fourth-order valence-corrected chi connectivity index (χ4v) is 20.2. The van der Waals surface area contributed by atoms with Crippen molar-refractivity contribution in [1.82, 2.24) is 0 Å². The number of halogens is 3. The molecular weight excluding hydrogens is 1620 g/mol. The van der Waals surface area contributed by atoms with E-state index in [2.05, 4.69) is 256 Å². The van der Waals surface area contributed by atoms with Crippen molar-refractivity contribution in [3.8, 4) is 0 Å². The molecule has 589 valence electrons. The Morgan fingerprint density at radius 3 is 0.898 bits per heavy atom. The van der Waals surface area contributed by atoms with Gasteiger partial charge in [0.2, 0.25) is 0 Å². The molecule has 0 atom stereocenters. The summed E-state index contributed by atoms with van der Waals surface area (Å²) in [7, 11) is 15.8. The molecule has 0 aromatic heterocycles. The van der Waals surface area contributed by atoms with Crippen molar-refractivity contribution in [3.63, 3.8) is 0 Å². The number of hydrogen-bond donors (Lipinski definition) is 0. The Hall–Kier alpha value is -5.08. The number of anilines is 4. The monoisotopic (exact) mass is 1740 g/mol. The van der Waals surface area contributed by atoms with Gasteiger partial charge in [-0.15, -0.1) is 0 Å². The van der Waals surface area contributed by atoms with Crippen molar-refractivity contribution in [2.24, 2.45) is 0 Å². The van der Waals surface area contributed by atoms with Crippen LogP contribution in [-0.2, 0) is 56.3 Å². The van der Waals surface area contributed by atoms with Crippen LogP contribution in [0.3, 0.4) is 0 Å². The zero-order valence-electron chi connectivity index (χ0n) is 67.6. The first kappa shape index (κ1) is 91.8. The second-order valence-electron chi connectivity index (χ2n) is 29.3. The van der Waals surface area contributed by atoms with Gasteiger partial charge in [0.15, 0.2) is 0 Å². The van der Waals surface area contributed by atoms with Gasteiger partial charge in [-0.3, -0.25) is 0 Å². The van der Waals surface area contributed by atoms with Crippen molar-refractivity contribution in [2.45, 2.75) is 210 Å². The van der Waals surface area contributed by atoms with Crippen LogP contribution in [0.15, 0.2) is 170 Å². The molecule has 0 unspecified atom stereocenters. The van der Waals surface area contributed by atoms with E-state index in [-0.39, 0.29) is 59.7 Å². The molecule has 0 spiro atoms. The van der Waals surface area contributed by atoms with Gasteiger partial charge in [-0.2, -0.15) is 26.9 Å². The molecule has 0 bridgehead atoms. The van der Waals surface area contributed by atoms with Gasteiger partial charge in [0, 0.05) is 48.9 Å². The standard InChI is InChI=1S/2C21H27N2.2C15H10.C9H22O3P.C9H21O3P.CH4.3ClH.2Ru/c2*1-14-9-16(3)20(17(4)10-14)22-7-8-23(13-22)21-18(5)11-15(2)12-19(21)6;2*1-2-6-12(7-3-1)15-11-10-13-8-4-5-9-14(13)15;2*1-7(2)10-13(11-8(3)4)12-9(5)6;;;;;;/h2*9-13H,7-8H2,1-6H3;2*1-9,11H;7-9,13H,1-6H3;7-9H,1-6H3;1H4;3*1H;;/q2*-1;;;+1;;;;;;+1;+2/p-3. The average Bonchev–Trinajstić information content (AvgIpc) is 1.63. The van der Waals surface area contributed by atoms with E-state index in [0.29, 0.717) is 0 Å². The fourth-order valence-electron chi connectivity index (χ4n) is 13.7. The van der Waals surface area contributed by atoms with E-state index in [1.54, 1.807) is 0 Å². The average molecular weight is 1740 g/mol. The predicted octanol–water partition coefficient (Wildman–Crippen LogP) is 25.8. The van der Waals surface area contributed by atoms with Gasteiger partial charge < -0.3 is 33.2 Å². The molecule has 10 nitrogen and oxygen atoms in total. The number of rotatable bonds is 18. The third-order valence-corrected chi connectivity index (χ3v) is 26.0. The molecule has 2 fully saturated rings. The first-order valence-corrected chi connectivity index (χ1v) is 48.0. The van der Waals surface area contributed by atoms with Crippen molar-refractivity contribution < 1.29 is 56.3 Å². The molecular formula is C91H121Cl3N4O6P2Ru2-. The Balaban J connectivity index is 0.000000205. The molecule has 0 N–H and O–H groups in total. The summed E-state index contributed by atoms with van der Waals surface area (Å²) >= 11 is -2.10. The molecule has 4 aliphatic rings. The zero-order chi connectivity index (χ0) is 78.5. The summed E-state index contributed by atoms with van der Waals surface area (Å²) in [5.41, 5.74) is 31.7. The summed E-state index contributed by atoms with van der Waals surface area (Å²) in [4.78, 5) is 9.62. The minimum atomic E-state index is -1.88. The molecule has 108 heavy (non-hydrogen) atoms. The maximum absolute atomic E-state index is 6.19. The number of allylic oxidation sites excluding steroid dienone is 2. The van der Waals surface area contributed by atoms with Gasteiger partial charge in [0.1, 0.15) is 18.3 Å². The van der Waals surface area contributed by atoms with Crippen molar-refractivity contribution in [3.05, 3.63) is 283 Å². The maximum atomic E-state index is 6.19. The summed E-state index contributed by atoms with van der Waals surface area (Å²) in [5.74, 6) is 0. The molecule has 8 aromatic carbocycles. The van der Waals surface area contributed by atoms with Crippen LogP contribution in [0.25, 0.3) is 11.1 Å². The van der Waals surface area contributed by atoms with Crippen LogP contribution in [-0.4, -0.2) is 71.0 Å². The third kappa shape index (κ3) is 27.1. The van der Waals surface area contributed by atoms with E-state index >= 15 is 0 Å². The molecule has 2 saturated heterocycles. The second kappa shape index (κ2) is 44.4. The van der Waals surface area contributed by atoms with E-state index in [4.69, 9.17) is 56.2 Å². The summed E-state index contributed by atoms with van der Waals surface area (Å²) in [6, 6.07) is 55.9. The summed E-state index contributed by atoms with van der Waals surface area (Å²) < 4.78 is 35.5. The molecule has 2 aliphatic heterocycles. The predicted molar refractivity (Wildman–Crippen MR) is 466 cm³/mol. The van der Waals surface area contributed by atoms with Crippen LogP contribution in [0.2, 0.25) is 0 Å². The number of fused-ring (bicyclic) bond motifs is 2. The van der Waals surface area contributed by atoms with E-state index in [0.717, 1.165) is 30.3 Å². The Morgan fingerprint density at radius 1 is 0.370 bits per heavy atom. The van der Waals surface area contributed by atoms with Gasteiger partial charge in [-0.1, -0.05) is 78.2 Å². The molecule has 0 radical (unpaired) electrons. The van der Waals surface area contributed by atoms with Gasteiger partial charge in [-0.05, 0) is 211 Å². The van der Waals surface area contributed by atoms with Crippen LogP contribution in [0, 0.1) is 96.4 Å². The van der Waals surface area contributed by atoms with Crippen molar-refractivity contribution in [2.75, 3.05) is 45.8 Å². The minimum absolute atomic E-state index is 0. The fraction of sp³-hybridized carbons (Fsp3) is 0.385. The molecule has 2 heterocycles. The number of hydrogen-bond acceptors (Lipinski definition) is 10. The quantitative estimate of drug-likeness (QED) is 0.0471. The van der Waals surface area contributed by atoms with Crippen molar-refractivity contribution >= 4 is 88.4 Å². The van der Waals surface area contributed by atoms with E-state index in [1.165, 1.54) is 138 Å². The van der Waals surface area contributed by atoms with Gasteiger partial charge in [-0.25, -0.2) is 0 Å². The van der Waals surface area contributed by atoms with E-state index < -0.39 is 30.7 Å². The molecule has 8 aromatic rings. The summed E-state index contributed by atoms with van der Waals surface area (Å²) in [6.07, 6.45) is 5.30. The van der Waals surface area contributed by atoms with Gasteiger partial charge in [0.25, 0.3) is 0 Å². The second-order valence-corrected chi connectivity index (χ2v) is 39.4. The first-order valence-electron chi connectivity index (χ1n) is 37.2. The molecule has 0 saturated carbocycles. The molecule has 2 aliphatic carbocycles. The Labute approximate surface area is 678 Å². The topological polar surface area (TPSA) is 68.3 Å². The van der Waals surface area contributed by atoms with Crippen LogP contribution in [0.4, 0.5) is 22.7 Å². The summed E-state index contributed by atoms with van der Waals surface area (Å²) in [5, 5.41) is 0. The SMILES string of the molecule is C.CC(C)OP(OC(C)C)OC(C)C.CC(C)O[PH+](OC(C)C)OC(C)C.Cc1cc(C)c(N2[CH-]N(c3c(C)cc(C)cc3C)CC2)c(C)c1.Cc1cc(C)c(N2[CH-]N(c3c(C)cc(C)cc3C)CC2)c(C)c1.[Cl][Ru]([Cl])=[C]1C=C(c2ccccc2)c2ccccc21.[Cl][Ru]=[C]1C=C(c2ccccc2)c2ccccc21. The Morgan fingerprint density at radius 2 is 0.630 bits per heavy atom. The molecule has 12 rings (SSSR count). The third-order valence-electron chi connectivity index (χ3n) is 17.2. The Bertz CT molecular complexity index is 3930. The van der Waals surface area contributed by atoms with Gasteiger partial charge in [0.05, 0.1) is 18.3 Å². The van der Waals surface area contributed by atoms with Crippen LogP contribution in [0.1, 0.15) is 191 Å². The Kier molecular flexibility index (Phi) is 37.7. The van der Waals surface area contributed by atoms with Gasteiger partial charge >= 0.3 is 250 Å². The number of nitrogens with zero attached hydrogens (tertiary/aromatic N) is 4. The first-order chi connectivity index (χ1) is 50.7. The van der Waals surface area contributed by atoms with Crippen LogP contribution in [0.5, 0.6) is 0 Å². The number of aryl methyl sites for hydroxylation is 12. The zero-order valence-corrected chi connectivity index (χ0v) is 75.3. The number of benzene rings is 8. The normalized spacial score (nSPS) is 14.2. The van der Waals surface area contributed by atoms with Crippen LogP contribution >= 0.6 is 46.3 Å². The van der Waals surface area contributed by atoms with E-state index in [1.807, 2.05) is 113 Å². The molecule has 0 amide bonds. The molecule has 17 heteroatoms. The van der Waals surface area contributed by atoms with Crippen LogP contribution < -0.4 is 19.6 Å². The van der Waals surface area contributed by atoms with Crippen molar-refractivity contribution in [1.29, 1.82) is 0 Å².